The number of benzene rings is 2. The van der Waals surface area contributed by atoms with E-state index in [0.29, 0.717) is 13.1 Å². The van der Waals surface area contributed by atoms with E-state index in [0.717, 1.165) is 13.1 Å². The predicted molar refractivity (Wildman–Crippen MR) is 209 cm³/mol. The number of phenols is 3. The van der Waals surface area contributed by atoms with E-state index < -0.39 is 70.8 Å². The van der Waals surface area contributed by atoms with Gasteiger partial charge in [-0.3, -0.25) is 14.6 Å². The van der Waals surface area contributed by atoms with E-state index in [1.165, 1.54) is 39.3 Å². The van der Waals surface area contributed by atoms with Gasteiger partial charge in [-0.2, -0.15) is 5.10 Å². The zero-order valence-electron chi connectivity index (χ0n) is 33.1. The van der Waals surface area contributed by atoms with Crippen molar-refractivity contribution in [1.29, 1.82) is 0 Å². The summed E-state index contributed by atoms with van der Waals surface area (Å²) in [5.74, 6) is -7.36. The second-order valence-electron chi connectivity index (χ2n) is 15.7. The van der Waals surface area contributed by atoms with Crippen LogP contribution in [0.25, 0.3) is 10.8 Å². The van der Waals surface area contributed by atoms with Crippen molar-refractivity contribution in [2.45, 2.75) is 79.5 Å². The summed E-state index contributed by atoms with van der Waals surface area (Å²) in [7, 11) is 1.99. The van der Waals surface area contributed by atoms with Crippen LogP contribution in [0.2, 0.25) is 0 Å². The molecule has 0 radical (unpaired) electrons. The standard InChI is InChI=1S/C41H56N4O10/c1-20-13-18-54-41(8)39(52)30-28-29(35(49)26(7)38(30)55-41)37(51)31(27(36(28)50)19-42-45-16-14-44(9)15-17-45)43-40(53)22(3)12-10-11-21(2)32(46)24(5)34(48)25(6)33(47)23(20)4/h10-13,18-21,23-25,32-34,46-51H,14-17H2,1-9H3,(H,43,53)/b11-10+,18-13+,22-12-,42-19-/t20-,21-,23+,24+,25-,32-,33+,34+,41-/m0/s1. The van der Waals surface area contributed by atoms with Gasteiger partial charge in [-0.25, -0.2) is 0 Å². The van der Waals surface area contributed by atoms with E-state index in [9.17, 15) is 40.2 Å². The average Bonchev–Trinajstić information content (AvgIpc) is 3.42. The highest BCUT2D eigenvalue weighted by atomic mass is 16.7. The molecule has 0 aromatic heterocycles. The fourth-order valence-corrected chi connectivity index (χ4v) is 7.40. The minimum atomic E-state index is -1.95. The minimum absolute atomic E-state index is 0.0550. The monoisotopic (exact) mass is 764 g/mol. The Bertz CT molecular complexity index is 1930. The number of ketones is 1. The molecule has 4 aliphatic rings. The lowest BCUT2D eigenvalue weighted by molar-refractivity contribution is -0.112. The van der Waals surface area contributed by atoms with Gasteiger partial charge in [-0.1, -0.05) is 52.8 Å². The number of aliphatic hydroxyl groups is 3. The van der Waals surface area contributed by atoms with Gasteiger partial charge in [0.25, 0.3) is 11.7 Å². The van der Waals surface area contributed by atoms with Crippen molar-refractivity contribution in [2.75, 3.05) is 38.5 Å². The smallest absolute Gasteiger partial charge is 0.312 e. The number of carbonyl (C=O) groups excluding carboxylic acids is 2. The third kappa shape index (κ3) is 7.91. The number of anilines is 1. The third-order valence-corrected chi connectivity index (χ3v) is 11.8. The highest BCUT2D eigenvalue weighted by molar-refractivity contribution is 6.23. The molecule has 6 rings (SSSR count). The molecule has 14 heteroatoms. The summed E-state index contributed by atoms with van der Waals surface area (Å²) in [6, 6.07) is 0. The lowest BCUT2D eigenvalue weighted by Crippen LogP contribution is -2.43. The number of hydrogen-bond acceptors (Lipinski definition) is 13. The highest BCUT2D eigenvalue weighted by Crippen LogP contribution is 2.55. The second kappa shape index (κ2) is 16.2. The number of aromatic hydroxyl groups is 3. The quantitative estimate of drug-likeness (QED) is 0.129. The molecule has 4 aliphatic heterocycles. The SMILES string of the molecule is C/C1=C/C=C/[C@H](C)[C@H](O)[C@@H](C)[C@@H](O)[C@@H](C)[C@H](O)[C@H](C)[C@@H](C)/C=C/O[C@@]2(C)Oc3c(C)c(O)c4c(O)c(c(/C=N\N5CCN(C)CC5)c(O)c4c3C2=O)NC1=O. The van der Waals surface area contributed by atoms with Crippen LogP contribution in [0.4, 0.5) is 5.69 Å². The number of piperazine rings is 1. The van der Waals surface area contributed by atoms with Crippen LogP contribution < -0.4 is 10.1 Å². The highest BCUT2D eigenvalue weighted by Gasteiger charge is 2.49. The van der Waals surface area contributed by atoms with Crippen LogP contribution in [0.15, 0.2) is 41.2 Å². The van der Waals surface area contributed by atoms with Crippen molar-refractivity contribution in [2.24, 2.45) is 34.7 Å². The van der Waals surface area contributed by atoms with Crippen LogP contribution in [-0.2, 0) is 9.53 Å². The van der Waals surface area contributed by atoms with E-state index in [2.05, 4.69) is 15.3 Å². The zero-order valence-corrected chi connectivity index (χ0v) is 33.1. The van der Waals surface area contributed by atoms with Gasteiger partial charge in [-0.05, 0) is 38.8 Å². The van der Waals surface area contributed by atoms with Crippen molar-refractivity contribution in [1.82, 2.24) is 9.91 Å². The minimum Gasteiger partial charge on any atom is -0.507 e. The summed E-state index contributed by atoms with van der Waals surface area (Å²) in [6.07, 6.45) is 6.06. The van der Waals surface area contributed by atoms with Crippen molar-refractivity contribution in [3.63, 3.8) is 0 Å². The second-order valence-corrected chi connectivity index (χ2v) is 15.7. The summed E-state index contributed by atoms with van der Waals surface area (Å²) in [5.41, 5.74) is -0.203. The first-order valence-corrected chi connectivity index (χ1v) is 18.8. The Kier molecular flexibility index (Phi) is 12.3. The van der Waals surface area contributed by atoms with Crippen molar-refractivity contribution in [3.05, 3.63) is 52.8 Å². The Labute approximate surface area is 322 Å². The molecule has 7 N–H and O–H groups in total. The number of Topliss-reactive ketones (excluding diaryl/α,β-unsaturated/α-hetero) is 1. The average molecular weight is 765 g/mol. The predicted octanol–water partition coefficient (Wildman–Crippen LogP) is 4.39. The lowest BCUT2D eigenvalue weighted by Gasteiger charge is -2.35. The lowest BCUT2D eigenvalue weighted by atomic mass is 9.77. The molecule has 2 aromatic rings. The van der Waals surface area contributed by atoms with E-state index in [1.807, 2.05) is 20.9 Å². The number of rotatable bonds is 2. The first-order valence-electron chi connectivity index (χ1n) is 18.8. The van der Waals surface area contributed by atoms with Gasteiger partial charge >= 0.3 is 5.79 Å². The molecule has 5 bridgehead atoms. The summed E-state index contributed by atoms with van der Waals surface area (Å²) in [5, 5.41) is 77.5. The molecule has 55 heavy (non-hydrogen) atoms. The third-order valence-electron chi connectivity index (χ3n) is 11.8. The van der Waals surface area contributed by atoms with E-state index >= 15 is 0 Å². The maximum atomic E-state index is 14.3. The molecule has 9 atom stereocenters. The first kappa shape index (κ1) is 41.5. The molecule has 1 fully saturated rings. The summed E-state index contributed by atoms with van der Waals surface area (Å²) < 4.78 is 12.0. The van der Waals surface area contributed by atoms with Gasteiger partial charge in [0.2, 0.25) is 0 Å². The van der Waals surface area contributed by atoms with E-state index in [-0.39, 0.29) is 56.3 Å². The molecule has 0 unspecified atom stereocenters. The van der Waals surface area contributed by atoms with Gasteiger partial charge in [-0.15, -0.1) is 0 Å². The van der Waals surface area contributed by atoms with Gasteiger partial charge in [0.05, 0.1) is 53.0 Å². The summed E-state index contributed by atoms with van der Waals surface area (Å²) in [4.78, 5) is 30.1. The van der Waals surface area contributed by atoms with E-state index in [1.54, 1.807) is 44.0 Å². The fourth-order valence-electron chi connectivity index (χ4n) is 7.40. The summed E-state index contributed by atoms with van der Waals surface area (Å²) in [6.45, 7) is 15.9. The largest absolute Gasteiger partial charge is 0.507 e. The number of carbonyl (C=O) groups is 2. The number of hydrazone groups is 1. The Hall–Kier alpha value is -4.63. The Morgan fingerprint density at radius 1 is 0.836 bits per heavy atom. The Morgan fingerprint density at radius 2 is 1.45 bits per heavy atom. The Morgan fingerprint density at radius 3 is 2.11 bits per heavy atom. The zero-order chi connectivity index (χ0) is 40.7. The summed E-state index contributed by atoms with van der Waals surface area (Å²) >= 11 is 0. The number of fused-ring (bicyclic) bond motifs is 14. The molecule has 14 nitrogen and oxygen atoms in total. The van der Waals surface area contributed by atoms with Crippen molar-refractivity contribution >= 4 is 34.4 Å². The van der Waals surface area contributed by atoms with Crippen LogP contribution >= 0.6 is 0 Å². The number of amides is 1. The molecule has 0 aliphatic carbocycles. The number of hydrogen-bond donors (Lipinski definition) is 7. The van der Waals surface area contributed by atoms with Crippen LogP contribution in [0.5, 0.6) is 23.0 Å². The molecular formula is C41H56N4O10. The normalized spacial score (nSPS) is 33.7. The Balaban J connectivity index is 1.69. The molecule has 300 valence electrons. The van der Waals surface area contributed by atoms with Gasteiger partial charge < -0.3 is 50.3 Å². The molecule has 1 amide bonds. The van der Waals surface area contributed by atoms with Crippen LogP contribution in [0, 0.1) is 36.5 Å². The fraction of sp³-hybridized carbons (Fsp3) is 0.537. The van der Waals surface area contributed by atoms with Crippen molar-refractivity contribution < 1.29 is 49.7 Å². The molecular weight excluding hydrogens is 708 g/mol. The van der Waals surface area contributed by atoms with Crippen LogP contribution in [0.3, 0.4) is 0 Å². The molecule has 2 aromatic carbocycles. The van der Waals surface area contributed by atoms with Gasteiger partial charge in [0, 0.05) is 67.4 Å². The van der Waals surface area contributed by atoms with Crippen LogP contribution in [0.1, 0.15) is 70.0 Å². The number of phenolic OH excluding ortho intramolecular Hbond substituents is 3. The van der Waals surface area contributed by atoms with Crippen molar-refractivity contribution in [3.8, 4) is 23.0 Å². The van der Waals surface area contributed by atoms with E-state index in [4.69, 9.17) is 9.47 Å². The topological polar surface area (TPSA) is 205 Å². The maximum Gasteiger partial charge on any atom is 0.312 e. The number of nitrogens with zero attached hydrogens (tertiary/aromatic N) is 3. The molecule has 1 saturated heterocycles. The first-order chi connectivity index (χ1) is 25.8. The molecule has 4 heterocycles. The number of ether oxygens (including phenoxy) is 2. The number of likely N-dealkylation sites (N-methyl/N-ethyl adjacent to an activating group) is 1. The molecule has 0 spiro atoms. The maximum absolute atomic E-state index is 14.3. The van der Waals surface area contributed by atoms with Gasteiger partial charge in [0.15, 0.2) is 5.75 Å². The number of aliphatic hydroxyl groups excluding tert-OH is 3. The number of allylic oxidation sites excluding steroid dienone is 3. The van der Waals surface area contributed by atoms with Gasteiger partial charge in [0.1, 0.15) is 17.2 Å². The number of nitrogens with one attached hydrogen (secondary N) is 1. The van der Waals surface area contributed by atoms with Crippen LogP contribution in [-0.4, -0.2) is 116 Å². The molecule has 0 saturated carbocycles.